The van der Waals surface area contributed by atoms with Gasteiger partial charge in [0.15, 0.2) is 0 Å². The fourth-order valence-corrected chi connectivity index (χ4v) is 10.6. The van der Waals surface area contributed by atoms with Crippen LogP contribution in [0.25, 0.3) is 16.9 Å². The molecule has 3 rings (SSSR count). The number of rotatable bonds is 37. The van der Waals surface area contributed by atoms with E-state index < -0.39 is 0 Å². The van der Waals surface area contributed by atoms with Gasteiger partial charge in [0.25, 0.3) is 0 Å². The van der Waals surface area contributed by atoms with E-state index in [4.69, 9.17) is 0 Å². The van der Waals surface area contributed by atoms with Gasteiger partial charge in [0.05, 0.1) is 0 Å². The minimum absolute atomic E-state index is 0.924. The van der Waals surface area contributed by atoms with Gasteiger partial charge < -0.3 is 5.53 Å². The fourth-order valence-electron chi connectivity index (χ4n) is 8.68. The minimum atomic E-state index is 0.924. The Balaban J connectivity index is 0.000000420. The molecule has 2 nitrogen and oxygen atoms in total. The Morgan fingerprint density at radius 3 is 1.10 bits per heavy atom. The number of unbranched alkanes of at least 4 members (excludes halogenated alkanes) is 27. The molecule has 0 bridgehead atoms. The number of hydrogen-bond donors (Lipinski definition) is 0. The Morgan fingerprint density at radius 1 is 0.417 bits per heavy atom. The summed E-state index contributed by atoms with van der Waals surface area (Å²) in [5.41, 5.74) is 20.3. The Bertz CT molecular complexity index is 1390. The molecule has 1 aliphatic heterocycles. The van der Waals surface area contributed by atoms with Crippen molar-refractivity contribution < 1.29 is 22.7 Å². The van der Waals surface area contributed by atoms with Crippen LogP contribution in [-0.4, -0.2) is 4.70 Å². The van der Waals surface area contributed by atoms with Gasteiger partial charge >= 0.3 is 169 Å². The molecule has 0 fully saturated rings. The van der Waals surface area contributed by atoms with Crippen LogP contribution in [0.3, 0.4) is 0 Å². The van der Waals surface area contributed by atoms with Crippen molar-refractivity contribution in [3.05, 3.63) is 87.5 Å². The molecule has 0 atom stereocenters. The first-order valence-electron chi connectivity index (χ1n) is 26.1. The molecule has 1 aliphatic rings. The molecular weight excluding hydrogens is 819 g/mol. The first-order valence-corrected chi connectivity index (χ1v) is 28.3. The van der Waals surface area contributed by atoms with E-state index in [2.05, 4.69) is 90.1 Å². The molecule has 0 unspecified atom stereocenters. The Hall–Kier alpha value is -1.82. The van der Waals surface area contributed by atoms with Gasteiger partial charge in [-0.1, -0.05) is 104 Å². The first kappa shape index (κ1) is 54.3. The second-order valence-electron chi connectivity index (χ2n) is 18.0. The maximum atomic E-state index is 11.2. The first-order chi connectivity index (χ1) is 29.5. The zero-order chi connectivity index (χ0) is 43.3. The average molecular weight is 916 g/mol. The van der Waals surface area contributed by atoms with Crippen molar-refractivity contribution in [2.75, 3.05) is 0 Å². The van der Waals surface area contributed by atoms with Gasteiger partial charge in [-0.2, -0.15) is 0 Å². The molecule has 0 saturated carbocycles. The van der Waals surface area contributed by atoms with Crippen molar-refractivity contribution in [1.29, 1.82) is 0 Å². The Morgan fingerprint density at radius 2 is 0.750 bits per heavy atom. The predicted molar refractivity (Wildman–Crippen MR) is 265 cm³/mol. The topological polar surface area (TPSA) is 25.3 Å². The second-order valence-corrected chi connectivity index (χ2v) is 20.3. The number of nitrogens with zero attached hydrogens (tertiary/aromatic N) is 2. The molecule has 2 aromatic carbocycles. The molecule has 3 heteroatoms. The summed E-state index contributed by atoms with van der Waals surface area (Å²) in [6, 6.07) is 17.1. The van der Waals surface area contributed by atoms with E-state index in [9.17, 15) is 5.53 Å². The normalized spacial score (nSPS) is 12.9. The summed E-state index contributed by atoms with van der Waals surface area (Å²) in [7, 11) is 0. The zero-order valence-corrected chi connectivity index (χ0v) is 42.1. The van der Waals surface area contributed by atoms with E-state index in [0.29, 0.717) is 0 Å². The van der Waals surface area contributed by atoms with Crippen LogP contribution in [0.4, 0.5) is 0 Å². The summed E-state index contributed by atoms with van der Waals surface area (Å²) in [5.74, 6) is 0. The Kier molecular flexibility index (Phi) is 34.1. The third-order valence-electron chi connectivity index (χ3n) is 12.7. The number of aryl methyl sites for hydroxylation is 2. The summed E-state index contributed by atoms with van der Waals surface area (Å²) in [4.78, 5) is 3.09. The number of allylic oxidation sites excluding steroid dienone is 2. The monoisotopic (exact) mass is 915 g/mol. The van der Waals surface area contributed by atoms with Gasteiger partial charge in [-0.15, -0.1) is 0 Å². The van der Waals surface area contributed by atoms with Crippen molar-refractivity contribution in [2.24, 2.45) is 0 Å². The van der Waals surface area contributed by atoms with Crippen LogP contribution >= 0.6 is 0 Å². The molecule has 0 amide bonds. The van der Waals surface area contributed by atoms with E-state index in [0.717, 1.165) is 72.6 Å². The molecule has 0 saturated heterocycles. The van der Waals surface area contributed by atoms with Crippen LogP contribution < -0.4 is 0 Å². The van der Waals surface area contributed by atoms with Crippen LogP contribution in [0.1, 0.15) is 263 Å². The molecule has 0 spiro atoms. The summed E-state index contributed by atoms with van der Waals surface area (Å²) in [6.07, 6.45) is 46.8. The second kappa shape index (κ2) is 37.7. The molecular formula is C57H96N2Pd. The van der Waals surface area contributed by atoms with Gasteiger partial charge in [-0.3, -0.25) is 0 Å². The molecule has 0 aliphatic carbocycles. The van der Waals surface area contributed by atoms with Gasteiger partial charge in [-0.05, 0) is 68.0 Å². The quantitative estimate of drug-likeness (QED) is 0.0367. The summed E-state index contributed by atoms with van der Waals surface area (Å²) in [6.45, 7) is 13.3. The van der Waals surface area contributed by atoms with E-state index in [-0.39, 0.29) is 0 Å². The van der Waals surface area contributed by atoms with E-state index in [1.165, 1.54) is 207 Å². The fraction of sp³-hybridized carbons (Fsp3) is 0.719. The number of benzene rings is 2. The number of hydrogen-bond acceptors (Lipinski definition) is 0. The van der Waals surface area contributed by atoms with Crippen LogP contribution in [0.2, 0.25) is 9.79 Å². The maximum absolute atomic E-state index is 11.2. The smallest absolute Gasteiger partial charge is 0.0654 e. The van der Waals surface area contributed by atoms with Crippen molar-refractivity contribution in [3.63, 3.8) is 0 Å². The van der Waals surface area contributed by atoms with Gasteiger partial charge in [-0.25, -0.2) is 4.70 Å². The van der Waals surface area contributed by atoms with Crippen LogP contribution in [0.15, 0.2) is 59.7 Å². The van der Waals surface area contributed by atoms with Gasteiger partial charge in [0.2, 0.25) is 11.4 Å². The van der Waals surface area contributed by atoms with Gasteiger partial charge in [0, 0.05) is 22.3 Å². The summed E-state index contributed by atoms with van der Waals surface area (Å²) >= 11 is 1.06. The molecule has 0 N–H and O–H groups in total. The van der Waals surface area contributed by atoms with Crippen LogP contribution in [0, 0.1) is 0 Å². The molecule has 2 aromatic rings. The Labute approximate surface area is 382 Å². The summed E-state index contributed by atoms with van der Waals surface area (Å²) < 4.78 is 1.43. The minimum Gasteiger partial charge on any atom is -0.0654 e. The van der Waals surface area contributed by atoms with E-state index in [1.54, 1.807) is 9.79 Å². The molecule has 60 heavy (non-hydrogen) atoms. The standard InChI is InChI=1S/C25H30N2.2C16H33.Pd/c1-5-8-15-23-18(4)24(21-13-9-11-19(6-2)16-21)27(26)25(23)22-14-10-12-20(7-3)17-22;2*1-3-5-7-9-11-13-15-16-14-12-10-8-6-4-2;/h9-14,16-17H,5-8,15H2,1-4H3;2*1,3-16H2,2H3;. The van der Waals surface area contributed by atoms with E-state index >= 15 is 0 Å². The molecule has 344 valence electrons. The third-order valence-corrected chi connectivity index (χ3v) is 14.9. The third kappa shape index (κ3) is 24.1. The van der Waals surface area contributed by atoms with E-state index in [1.807, 2.05) is 0 Å². The van der Waals surface area contributed by atoms with Crippen LogP contribution in [-0.2, 0) is 30.8 Å². The van der Waals surface area contributed by atoms with Crippen molar-refractivity contribution in [1.82, 2.24) is 0 Å². The predicted octanol–water partition coefficient (Wildman–Crippen LogP) is 20.1. The molecule has 0 radical (unpaired) electrons. The molecule has 1 heterocycles. The van der Waals surface area contributed by atoms with Crippen LogP contribution in [0.5, 0.6) is 0 Å². The zero-order valence-electron chi connectivity index (χ0n) is 40.6. The summed E-state index contributed by atoms with van der Waals surface area (Å²) in [5, 5.41) is 0. The molecule has 0 aromatic heterocycles. The van der Waals surface area contributed by atoms with Crippen molar-refractivity contribution in [3.8, 4) is 0 Å². The van der Waals surface area contributed by atoms with Gasteiger partial charge in [0.1, 0.15) is 0 Å². The van der Waals surface area contributed by atoms with Crippen molar-refractivity contribution in [2.45, 2.75) is 263 Å². The van der Waals surface area contributed by atoms with Crippen molar-refractivity contribution >= 4 is 11.4 Å². The SMILES string of the molecule is CCCCC1=C(c2cccc(CC)c2)[N+](=[N-])C(c2cccc(CC)c2)=C1C.CCCCCCCCCCCCCCC[CH2][Pd][CH2]CCCCCCCCCCCCCCC. The average Bonchev–Trinajstić information content (AvgIpc) is 3.53.